The molecular formula is C11H7Cl3FN3OS. The summed E-state index contributed by atoms with van der Waals surface area (Å²) in [6.07, 6.45) is 0. The highest BCUT2D eigenvalue weighted by Crippen LogP contribution is 2.35. The van der Waals surface area contributed by atoms with Gasteiger partial charge >= 0.3 is 0 Å². The molecule has 0 aromatic carbocycles. The van der Waals surface area contributed by atoms with Crippen molar-refractivity contribution in [1.82, 2.24) is 15.0 Å². The van der Waals surface area contributed by atoms with Gasteiger partial charge in [0.05, 0.1) is 5.02 Å². The molecule has 20 heavy (non-hydrogen) atoms. The minimum atomic E-state index is -0.887. The molecule has 9 heteroatoms. The van der Waals surface area contributed by atoms with Gasteiger partial charge in [0.15, 0.2) is 10.3 Å². The highest BCUT2D eigenvalue weighted by atomic mass is 35.5. The summed E-state index contributed by atoms with van der Waals surface area (Å²) in [4.78, 5) is 21.4. The third kappa shape index (κ3) is 3.44. The highest BCUT2D eigenvalue weighted by molar-refractivity contribution is 7.98. The van der Waals surface area contributed by atoms with Gasteiger partial charge in [0.2, 0.25) is 5.95 Å². The van der Waals surface area contributed by atoms with Crippen LogP contribution in [-0.4, -0.2) is 15.0 Å². The van der Waals surface area contributed by atoms with Crippen LogP contribution in [0.4, 0.5) is 4.39 Å². The fourth-order valence-corrected chi connectivity index (χ4v) is 3.17. The van der Waals surface area contributed by atoms with Crippen molar-refractivity contribution in [3.63, 3.8) is 0 Å². The van der Waals surface area contributed by atoms with Crippen LogP contribution in [0.15, 0.2) is 16.0 Å². The summed E-state index contributed by atoms with van der Waals surface area (Å²) in [6, 6.07) is 1.37. The van der Waals surface area contributed by atoms with Crippen LogP contribution < -0.4 is 5.56 Å². The molecule has 0 atom stereocenters. The minimum absolute atomic E-state index is 0.0839. The Hall–Kier alpha value is -0.820. The topological polar surface area (TPSA) is 58.6 Å². The summed E-state index contributed by atoms with van der Waals surface area (Å²) < 4.78 is 13.4. The standard InChI is InChI=1S/C11H7Cl3FN3OS/c1-4-2-6(19)17-11(16-4)20-3-5-7(12)9(14)18-10(15)8(5)13/h2H,3H2,1H3,(H,16,17,19). The number of hydrogen-bond acceptors (Lipinski definition) is 4. The van der Waals surface area contributed by atoms with Crippen LogP contribution in [0.1, 0.15) is 11.3 Å². The predicted molar refractivity (Wildman–Crippen MR) is 78.4 cm³/mol. The Bertz CT molecular complexity index is 697. The number of hydrogen-bond donors (Lipinski definition) is 1. The maximum atomic E-state index is 13.4. The van der Waals surface area contributed by atoms with Crippen molar-refractivity contribution >= 4 is 46.6 Å². The number of rotatable bonds is 3. The molecule has 0 radical (unpaired) electrons. The van der Waals surface area contributed by atoms with Crippen LogP contribution in [-0.2, 0) is 5.75 Å². The Labute approximate surface area is 132 Å². The monoisotopic (exact) mass is 353 g/mol. The Kier molecular flexibility index (Phi) is 4.90. The first-order valence-electron chi connectivity index (χ1n) is 5.28. The number of nitrogens with zero attached hydrogens (tertiary/aromatic N) is 2. The molecule has 0 unspecified atom stereocenters. The number of H-pyrrole nitrogens is 1. The summed E-state index contributed by atoms with van der Waals surface area (Å²) in [5, 5.41) is 0.118. The van der Waals surface area contributed by atoms with Gasteiger partial charge in [0.1, 0.15) is 5.02 Å². The largest absolute Gasteiger partial charge is 0.301 e. The zero-order chi connectivity index (χ0) is 14.9. The lowest BCUT2D eigenvalue weighted by Crippen LogP contribution is -2.08. The van der Waals surface area contributed by atoms with Crippen molar-refractivity contribution in [3.05, 3.63) is 48.8 Å². The molecule has 1 N–H and O–H groups in total. The van der Waals surface area contributed by atoms with Gasteiger partial charge in [-0.3, -0.25) is 4.79 Å². The highest BCUT2D eigenvalue weighted by Gasteiger charge is 2.17. The molecule has 0 amide bonds. The van der Waals surface area contributed by atoms with Gasteiger partial charge in [0, 0.05) is 23.1 Å². The second-order valence-electron chi connectivity index (χ2n) is 3.78. The van der Waals surface area contributed by atoms with Gasteiger partial charge in [-0.2, -0.15) is 4.39 Å². The molecule has 2 heterocycles. The van der Waals surface area contributed by atoms with Crippen molar-refractivity contribution in [2.24, 2.45) is 0 Å². The van der Waals surface area contributed by atoms with E-state index in [-0.39, 0.29) is 26.5 Å². The smallest absolute Gasteiger partial charge is 0.251 e. The number of nitrogens with one attached hydrogen (secondary N) is 1. The summed E-state index contributed by atoms with van der Waals surface area (Å²) >= 11 is 18.6. The Morgan fingerprint density at radius 1 is 1.30 bits per heavy atom. The number of aromatic nitrogens is 3. The average molecular weight is 355 g/mol. The van der Waals surface area contributed by atoms with Crippen molar-refractivity contribution < 1.29 is 4.39 Å². The normalized spacial score (nSPS) is 10.8. The second-order valence-corrected chi connectivity index (χ2v) is 5.86. The van der Waals surface area contributed by atoms with Crippen LogP contribution in [0, 0.1) is 12.9 Å². The lowest BCUT2D eigenvalue weighted by molar-refractivity contribution is 0.583. The lowest BCUT2D eigenvalue weighted by atomic mass is 10.3. The van der Waals surface area contributed by atoms with Gasteiger partial charge in [-0.05, 0) is 6.92 Å². The van der Waals surface area contributed by atoms with Crippen molar-refractivity contribution in [2.75, 3.05) is 0 Å². The van der Waals surface area contributed by atoms with Crippen LogP contribution in [0.25, 0.3) is 0 Å². The molecule has 4 nitrogen and oxygen atoms in total. The molecule has 106 valence electrons. The maximum absolute atomic E-state index is 13.4. The summed E-state index contributed by atoms with van der Waals surface area (Å²) in [5.74, 6) is -0.689. The average Bonchev–Trinajstić information content (AvgIpc) is 2.35. The van der Waals surface area contributed by atoms with E-state index < -0.39 is 5.95 Å². The van der Waals surface area contributed by atoms with Crippen molar-refractivity contribution in [1.29, 1.82) is 0 Å². The maximum Gasteiger partial charge on any atom is 0.251 e. The molecule has 2 rings (SSSR count). The van der Waals surface area contributed by atoms with E-state index >= 15 is 0 Å². The quantitative estimate of drug-likeness (QED) is 0.516. The van der Waals surface area contributed by atoms with Gasteiger partial charge < -0.3 is 4.98 Å². The van der Waals surface area contributed by atoms with E-state index in [1.54, 1.807) is 6.92 Å². The van der Waals surface area contributed by atoms with Crippen molar-refractivity contribution in [3.8, 4) is 0 Å². The Morgan fingerprint density at radius 3 is 2.65 bits per heavy atom. The van der Waals surface area contributed by atoms with Crippen molar-refractivity contribution in [2.45, 2.75) is 17.8 Å². The molecule has 0 aliphatic carbocycles. The zero-order valence-electron chi connectivity index (χ0n) is 10.0. The first-order chi connectivity index (χ1) is 9.38. The molecule has 0 aliphatic heterocycles. The number of aromatic amines is 1. The van der Waals surface area contributed by atoms with Gasteiger partial charge in [0.25, 0.3) is 5.56 Å². The molecule has 2 aromatic rings. The fourth-order valence-electron chi connectivity index (χ4n) is 1.42. The van der Waals surface area contributed by atoms with Crippen LogP contribution in [0.5, 0.6) is 0 Å². The molecule has 0 aliphatic rings. The van der Waals surface area contributed by atoms with Gasteiger partial charge in [-0.1, -0.05) is 46.6 Å². The molecule has 0 fully saturated rings. The van der Waals surface area contributed by atoms with Gasteiger partial charge in [-0.25, -0.2) is 9.97 Å². The number of pyridine rings is 1. The molecular weight excluding hydrogens is 348 g/mol. The molecule has 0 saturated carbocycles. The zero-order valence-corrected chi connectivity index (χ0v) is 13.1. The lowest BCUT2D eigenvalue weighted by Gasteiger charge is -2.08. The van der Waals surface area contributed by atoms with Crippen LogP contribution >= 0.6 is 46.6 Å². The van der Waals surface area contributed by atoms with Gasteiger partial charge in [-0.15, -0.1) is 0 Å². The van der Waals surface area contributed by atoms with E-state index in [4.69, 9.17) is 34.8 Å². The molecule has 0 saturated heterocycles. The summed E-state index contributed by atoms with van der Waals surface area (Å²) in [6.45, 7) is 1.70. The number of thioether (sulfide) groups is 1. The fraction of sp³-hybridized carbons (Fsp3) is 0.182. The van der Waals surface area contributed by atoms with E-state index in [9.17, 15) is 9.18 Å². The first-order valence-corrected chi connectivity index (χ1v) is 7.40. The van der Waals surface area contributed by atoms with E-state index in [0.29, 0.717) is 16.4 Å². The SMILES string of the molecule is Cc1cc(=O)[nH]c(SCc2c(Cl)c(F)nc(Cl)c2Cl)n1. The predicted octanol–water partition coefficient (Wildman–Crippen LogP) is 3.86. The summed E-state index contributed by atoms with van der Waals surface area (Å²) in [7, 11) is 0. The molecule has 0 bridgehead atoms. The Balaban J connectivity index is 2.29. The molecule has 0 spiro atoms. The second kappa shape index (κ2) is 6.30. The number of aryl methyl sites for hydroxylation is 1. The van der Waals surface area contributed by atoms with E-state index in [1.807, 2.05) is 0 Å². The van der Waals surface area contributed by atoms with Crippen LogP contribution in [0.3, 0.4) is 0 Å². The Morgan fingerprint density at radius 2 is 2.00 bits per heavy atom. The van der Waals surface area contributed by atoms with E-state index in [0.717, 1.165) is 11.8 Å². The third-order valence-corrected chi connectivity index (χ3v) is 4.35. The number of halogens is 4. The molecule has 2 aromatic heterocycles. The van der Waals surface area contributed by atoms with Crippen LogP contribution in [0.2, 0.25) is 15.2 Å². The summed E-state index contributed by atoms with van der Waals surface area (Å²) in [5.41, 5.74) is 0.614. The minimum Gasteiger partial charge on any atom is -0.301 e. The van der Waals surface area contributed by atoms with E-state index in [2.05, 4.69) is 15.0 Å². The third-order valence-electron chi connectivity index (χ3n) is 2.29. The first kappa shape index (κ1) is 15.6. The van der Waals surface area contributed by atoms with E-state index in [1.165, 1.54) is 6.07 Å².